The highest BCUT2D eigenvalue weighted by Gasteiger charge is 2.31. The number of nitrogens with zero attached hydrogens (tertiary/aromatic N) is 2. The van der Waals surface area contributed by atoms with Crippen LogP contribution in [0.1, 0.15) is 29.4 Å². The van der Waals surface area contributed by atoms with E-state index >= 15 is 0 Å². The highest BCUT2D eigenvalue weighted by molar-refractivity contribution is 7.17. The Morgan fingerprint density at radius 1 is 1.69 bits per heavy atom. The number of aldehydes is 1. The molecule has 0 bridgehead atoms. The van der Waals surface area contributed by atoms with Gasteiger partial charge in [0.25, 0.3) is 0 Å². The Balaban J connectivity index is 2.12. The van der Waals surface area contributed by atoms with Crippen LogP contribution in [0.5, 0.6) is 0 Å². The molecule has 1 aliphatic heterocycles. The van der Waals surface area contributed by atoms with Crippen LogP contribution in [0.2, 0.25) is 0 Å². The number of thiazole rings is 1. The third-order valence-electron chi connectivity index (χ3n) is 3.05. The van der Waals surface area contributed by atoms with Gasteiger partial charge in [0, 0.05) is 20.2 Å². The van der Waals surface area contributed by atoms with Crippen LogP contribution in [0, 0.1) is 0 Å². The van der Waals surface area contributed by atoms with Gasteiger partial charge in [-0.2, -0.15) is 0 Å². The fourth-order valence-corrected chi connectivity index (χ4v) is 2.77. The third-order valence-corrected chi connectivity index (χ3v) is 4.03. The summed E-state index contributed by atoms with van der Waals surface area (Å²) in [7, 11) is 1.75. The summed E-state index contributed by atoms with van der Waals surface area (Å²) in [6, 6.07) is 0. The van der Waals surface area contributed by atoms with Crippen molar-refractivity contribution in [2.45, 2.75) is 25.4 Å². The Labute approximate surface area is 99.2 Å². The molecule has 5 heteroatoms. The first-order valence-electron chi connectivity index (χ1n) is 5.38. The van der Waals surface area contributed by atoms with Crippen molar-refractivity contribution in [2.24, 2.45) is 0 Å². The van der Waals surface area contributed by atoms with Gasteiger partial charge in [-0.25, -0.2) is 4.98 Å². The molecule has 1 aliphatic rings. The SMILES string of the molecule is COC1(C)CCCN(c2ncc(C=O)s2)C1. The number of hydrogen-bond acceptors (Lipinski definition) is 5. The quantitative estimate of drug-likeness (QED) is 0.757. The van der Waals surface area contributed by atoms with Crippen molar-refractivity contribution >= 4 is 22.8 Å². The van der Waals surface area contributed by atoms with E-state index in [0.717, 1.165) is 37.3 Å². The van der Waals surface area contributed by atoms with Gasteiger partial charge < -0.3 is 9.64 Å². The molecule has 1 atom stereocenters. The average Bonchev–Trinajstić information content (AvgIpc) is 2.78. The first-order valence-corrected chi connectivity index (χ1v) is 6.20. The monoisotopic (exact) mass is 240 g/mol. The smallest absolute Gasteiger partial charge is 0.186 e. The Kier molecular flexibility index (Phi) is 3.25. The van der Waals surface area contributed by atoms with E-state index in [1.165, 1.54) is 11.3 Å². The zero-order valence-corrected chi connectivity index (χ0v) is 10.4. The van der Waals surface area contributed by atoms with Crippen molar-refractivity contribution in [3.8, 4) is 0 Å². The van der Waals surface area contributed by atoms with Crippen molar-refractivity contribution in [1.82, 2.24) is 4.98 Å². The Morgan fingerprint density at radius 3 is 3.12 bits per heavy atom. The fourth-order valence-electron chi connectivity index (χ4n) is 2.01. The minimum atomic E-state index is -0.0920. The number of aromatic nitrogens is 1. The molecular formula is C11H16N2O2S. The van der Waals surface area contributed by atoms with Gasteiger partial charge in [-0.15, -0.1) is 0 Å². The molecule has 0 radical (unpaired) electrons. The first kappa shape index (κ1) is 11.5. The van der Waals surface area contributed by atoms with Gasteiger partial charge in [0.2, 0.25) is 0 Å². The number of carbonyl (C=O) groups excluding carboxylic acids is 1. The Bertz CT molecular complexity index is 380. The third kappa shape index (κ3) is 2.25. The van der Waals surface area contributed by atoms with Crippen molar-refractivity contribution < 1.29 is 9.53 Å². The number of ether oxygens (including phenoxy) is 1. The molecule has 1 aromatic rings. The lowest BCUT2D eigenvalue weighted by atomic mass is 9.95. The second-order valence-corrected chi connectivity index (χ2v) is 5.38. The molecule has 4 nitrogen and oxygen atoms in total. The molecule has 1 fully saturated rings. The van der Waals surface area contributed by atoms with Crippen LogP contribution in [0.4, 0.5) is 5.13 Å². The summed E-state index contributed by atoms with van der Waals surface area (Å²) in [4.78, 5) is 17.8. The molecule has 0 aliphatic carbocycles. The second-order valence-electron chi connectivity index (χ2n) is 4.34. The van der Waals surface area contributed by atoms with Crippen molar-refractivity contribution in [3.63, 3.8) is 0 Å². The van der Waals surface area contributed by atoms with Gasteiger partial charge >= 0.3 is 0 Å². The van der Waals surface area contributed by atoms with Crippen molar-refractivity contribution in [2.75, 3.05) is 25.1 Å². The molecule has 88 valence electrons. The van der Waals surface area contributed by atoms with Gasteiger partial charge in [-0.3, -0.25) is 4.79 Å². The summed E-state index contributed by atoms with van der Waals surface area (Å²) >= 11 is 1.44. The normalized spacial score (nSPS) is 25.8. The molecule has 1 aromatic heterocycles. The lowest BCUT2D eigenvalue weighted by molar-refractivity contribution is -0.00466. The molecule has 16 heavy (non-hydrogen) atoms. The summed E-state index contributed by atoms with van der Waals surface area (Å²) in [5.41, 5.74) is -0.0920. The van der Waals surface area contributed by atoms with Crippen molar-refractivity contribution in [3.05, 3.63) is 11.1 Å². The van der Waals surface area contributed by atoms with Crippen LogP contribution in [-0.4, -0.2) is 37.1 Å². The summed E-state index contributed by atoms with van der Waals surface area (Å²) in [5.74, 6) is 0. The van der Waals surface area contributed by atoms with Gasteiger partial charge in [0.05, 0.1) is 16.7 Å². The number of methoxy groups -OCH3 is 1. The number of carbonyl (C=O) groups is 1. The lowest BCUT2D eigenvalue weighted by Gasteiger charge is -2.39. The van der Waals surface area contributed by atoms with E-state index in [2.05, 4.69) is 16.8 Å². The zero-order valence-electron chi connectivity index (χ0n) is 9.60. The topological polar surface area (TPSA) is 42.4 Å². The second kappa shape index (κ2) is 4.51. The van der Waals surface area contributed by atoms with Gasteiger partial charge in [-0.05, 0) is 19.8 Å². The van der Waals surface area contributed by atoms with Crippen LogP contribution in [0.3, 0.4) is 0 Å². The summed E-state index contributed by atoms with van der Waals surface area (Å²) in [6.07, 6.45) is 4.65. The minimum Gasteiger partial charge on any atom is -0.377 e. The molecular weight excluding hydrogens is 224 g/mol. The van der Waals surface area contributed by atoms with E-state index in [1.54, 1.807) is 13.3 Å². The standard InChI is InChI=1S/C11H16N2O2S/c1-11(15-2)4-3-5-13(8-11)10-12-6-9(7-14)16-10/h6-7H,3-5,8H2,1-2H3. The van der Waals surface area contributed by atoms with Gasteiger partial charge in [-0.1, -0.05) is 11.3 Å². The fraction of sp³-hybridized carbons (Fsp3) is 0.636. The number of anilines is 1. The minimum absolute atomic E-state index is 0.0920. The van der Waals surface area contributed by atoms with Crippen LogP contribution in [0.25, 0.3) is 0 Å². The van der Waals surface area contributed by atoms with E-state index in [-0.39, 0.29) is 5.60 Å². The average molecular weight is 240 g/mol. The summed E-state index contributed by atoms with van der Waals surface area (Å²) in [6.45, 7) is 3.95. The molecule has 0 aromatic carbocycles. The highest BCUT2D eigenvalue weighted by atomic mass is 32.1. The molecule has 0 amide bonds. The van der Waals surface area contributed by atoms with Gasteiger partial charge in [0.15, 0.2) is 11.4 Å². The van der Waals surface area contributed by atoms with E-state index < -0.39 is 0 Å². The molecule has 0 N–H and O–H groups in total. The molecule has 2 heterocycles. The lowest BCUT2D eigenvalue weighted by Crippen LogP contribution is -2.47. The van der Waals surface area contributed by atoms with E-state index in [1.807, 2.05) is 0 Å². The molecule has 0 spiro atoms. The largest absolute Gasteiger partial charge is 0.377 e. The summed E-state index contributed by atoms with van der Waals surface area (Å²) < 4.78 is 5.53. The zero-order chi connectivity index (χ0) is 11.6. The van der Waals surface area contributed by atoms with E-state index in [4.69, 9.17) is 4.74 Å². The number of piperidine rings is 1. The summed E-state index contributed by atoms with van der Waals surface area (Å²) in [5, 5.41) is 0.921. The molecule has 0 saturated carbocycles. The highest BCUT2D eigenvalue weighted by Crippen LogP contribution is 2.30. The number of hydrogen-bond donors (Lipinski definition) is 0. The maximum absolute atomic E-state index is 10.6. The maximum Gasteiger partial charge on any atom is 0.186 e. The van der Waals surface area contributed by atoms with E-state index in [0.29, 0.717) is 4.88 Å². The Hall–Kier alpha value is -0.940. The molecule has 2 rings (SSSR count). The maximum atomic E-state index is 10.6. The molecule has 1 saturated heterocycles. The van der Waals surface area contributed by atoms with Crippen LogP contribution < -0.4 is 4.90 Å². The molecule has 1 unspecified atom stereocenters. The predicted octanol–water partition coefficient (Wildman–Crippen LogP) is 1.96. The first-order chi connectivity index (χ1) is 7.67. The van der Waals surface area contributed by atoms with E-state index in [9.17, 15) is 4.79 Å². The number of rotatable bonds is 3. The van der Waals surface area contributed by atoms with Gasteiger partial charge in [0.1, 0.15) is 0 Å². The van der Waals surface area contributed by atoms with Crippen LogP contribution in [-0.2, 0) is 4.74 Å². The predicted molar refractivity (Wildman–Crippen MR) is 64.4 cm³/mol. The van der Waals surface area contributed by atoms with Crippen molar-refractivity contribution in [1.29, 1.82) is 0 Å². The van der Waals surface area contributed by atoms with Crippen LogP contribution >= 0.6 is 11.3 Å². The van der Waals surface area contributed by atoms with Crippen LogP contribution in [0.15, 0.2) is 6.20 Å². The Morgan fingerprint density at radius 2 is 2.50 bits per heavy atom.